The molecular weight excluding hydrogens is 262 g/mol. The predicted molar refractivity (Wildman–Crippen MR) is 73.5 cm³/mol. The number of benzene rings is 1. The zero-order valence-electron chi connectivity index (χ0n) is 10.5. The summed E-state index contributed by atoms with van der Waals surface area (Å²) in [5.41, 5.74) is 6.71. The van der Waals surface area contributed by atoms with E-state index in [2.05, 4.69) is 9.71 Å². The van der Waals surface area contributed by atoms with E-state index in [0.29, 0.717) is 16.3 Å². The molecule has 1 aromatic rings. The summed E-state index contributed by atoms with van der Waals surface area (Å²) in [6.45, 7) is 0. The maximum atomic E-state index is 12.0. The van der Waals surface area contributed by atoms with Crippen molar-refractivity contribution in [3.8, 4) is 0 Å². The summed E-state index contributed by atoms with van der Waals surface area (Å²) in [7, 11) is -3.44. The molecule has 1 aliphatic heterocycles. The number of hydrogen-bond acceptors (Lipinski definition) is 4. The van der Waals surface area contributed by atoms with Crippen LogP contribution in [0.4, 0.5) is 0 Å². The van der Waals surface area contributed by atoms with Crippen LogP contribution in [0.1, 0.15) is 31.2 Å². The average Bonchev–Trinajstić information content (AvgIpc) is 2.65. The van der Waals surface area contributed by atoms with Gasteiger partial charge < -0.3 is 5.73 Å². The highest BCUT2D eigenvalue weighted by Crippen LogP contribution is 2.25. The molecule has 3 N–H and O–H groups in total. The standard InChI is InChI=1S/C13H17N3O2S/c14-10-6-2-3-7-11(10)15-13-9-5-1-4-8-12(9)19(17,18)16-13/h1,4-5,8,10-11H,2-3,6-7,14H2,(H,15,16)/t10-,11+/m1/s1. The number of aliphatic imine (C=N–C) groups is 1. The Bertz CT molecular complexity index is 625. The van der Waals surface area contributed by atoms with E-state index >= 15 is 0 Å². The fourth-order valence-corrected chi connectivity index (χ4v) is 3.93. The Kier molecular flexibility index (Phi) is 3.06. The zero-order chi connectivity index (χ0) is 13.5. The first kappa shape index (κ1) is 12.6. The molecule has 1 aliphatic carbocycles. The van der Waals surface area contributed by atoms with E-state index in [1.54, 1.807) is 18.2 Å². The van der Waals surface area contributed by atoms with Crippen molar-refractivity contribution < 1.29 is 8.42 Å². The highest BCUT2D eigenvalue weighted by molar-refractivity contribution is 7.90. The van der Waals surface area contributed by atoms with Gasteiger partial charge in [0.2, 0.25) is 0 Å². The van der Waals surface area contributed by atoms with Gasteiger partial charge in [0.25, 0.3) is 10.0 Å². The first-order valence-corrected chi connectivity index (χ1v) is 8.02. The summed E-state index contributed by atoms with van der Waals surface area (Å²) in [6.07, 6.45) is 4.11. The third kappa shape index (κ3) is 2.26. The second-order valence-electron chi connectivity index (χ2n) is 5.10. The van der Waals surface area contributed by atoms with Crippen molar-refractivity contribution in [1.29, 1.82) is 0 Å². The quantitative estimate of drug-likeness (QED) is 0.804. The maximum absolute atomic E-state index is 12.0. The molecule has 1 heterocycles. The maximum Gasteiger partial charge on any atom is 0.263 e. The fraction of sp³-hybridized carbons (Fsp3) is 0.462. The number of sulfonamides is 1. The minimum atomic E-state index is -3.44. The van der Waals surface area contributed by atoms with Crippen molar-refractivity contribution in [1.82, 2.24) is 4.72 Å². The lowest BCUT2D eigenvalue weighted by Crippen LogP contribution is -2.38. The molecule has 3 rings (SSSR count). The molecule has 0 radical (unpaired) electrons. The van der Waals surface area contributed by atoms with Crippen LogP contribution < -0.4 is 10.5 Å². The lowest BCUT2D eigenvalue weighted by molar-refractivity contribution is 0.386. The Balaban J connectivity index is 1.99. The number of nitrogens with zero attached hydrogens (tertiary/aromatic N) is 1. The minimum Gasteiger partial charge on any atom is -0.326 e. The number of hydrogen-bond donors (Lipinski definition) is 2. The van der Waals surface area contributed by atoms with Gasteiger partial charge in [-0.3, -0.25) is 9.71 Å². The Morgan fingerprint density at radius 3 is 2.74 bits per heavy atom. The molecule has 2 atom stereocenters. The van der Waals surface area contributed by atoms with Gasteiger partial charge in [-0.2, -0.15) is 0 Å². The predicted octanol–water partition coefficient (Wildman–Crippen LogP) is 0.995. The van der Waals surface area contributed by atoms with Crippen molar-refractivity contribution in [3.05, 3.63) is 29.8 Å². The second-order valence-corrected chi connectivity index (χ2v) is 6.75. The first-order valence-electron chi connectivity index (χ1n) is 6.53. The smallest absolute Gasteiger partial charge is 0.263 e. The Labute approximate surface area is 113 Å². The average molecular weight is 279 g/mol. The molecule has 102 valence electrons. The molecule has 1 aromatic carbocycles. The van der Waals surface area contributed by atoms with Crippen molar-refractivity contribution in [2.75, 3.05) is 0 Å². The van der Waals surface area contributed by atoms with Gasteiger partial charge in [0.15, 0.2) is 0 Å². The van der Waals surface area contributed by atoms with Gasteiger partial charge in [-0.05, 0) is 25.0 Å². The van der Waals surface area contributed by atoms with E-state index in [1.807, 2.05) is 6.07 Å². The van der Waals surface area contributed by atoms with Gasteiger partial charge in [-0.25, -0.2) is 8.42 Å². The van der Waals surface area contributed by atoms with Crippen LogP contribution in [0, 0.1) is 0 Å². The molecule has 0 saturated heterocycles. The molecule has 0 amide bonds. The summed E-state index contributed by atoms with van der Waals surface area (Å²) in [6, 6.07) is 6.95. The lowest BCUT2D eigenvalue weighted by atomic mass is 9.91. The van der Waals surface area contributed by atoms with Crippen LogP contribution in [0.25, 0.3) is 0 Å². The Morgan fingerprint density at radius 2 is 1.95 bits per heavy atom. The summed E-state index contributed by atoms with van der Waals surface area (Å²) in [5, 5.41) is 0. The van der Waals surface area contributed by atoms with Crippen molar-refractivity contribution in [2.24, 2.45) is 10.7 Å². The van der Waals surface area contributed by atoms with E-state index in [4.69, 9.17) is 5.73 Å². The lowest BCUT2D eigenvalue weighted by Gasteiger charge is -2.25. The highest BCUT2D eigenvalue weighted by atomic mass is 32.2. The van der Waals surface area contributed by atoms with Gasteiger partial charge in [0.05, 0.1) is 10.9 Å². The number of nitrogens with two attached hydrogens (primary N) is 1. The summed E-state index contributed by atoms with van der Waals surface area (Å²) < 4.78 is 26.5. The molecule has 6 heteroatoms. The van der Waals surface area contributed by atoms with Crippen LogP contribution in [-0.2, 0) is 10.0 Å². The van der Waals surface area contributed by atoms with Crippen LogP contribution in [0.5, 0.6) is 0 Å². The van der Waals surface area contributed by atoms with E-state index in [1.165, 1.54) is 0 Å². The van der Waals surface area contributed by atoms with Gasteiger partial charge >= 0.3 is 0 Å². The molecule has 2 aliphatic rings. The van der Waals surface area contributed by atoms with E-state index < -0.39 is 10.0 Å². The van der Waals surface area contributed by atoms with Gasteiger partial charge in [-0.1, -0.05) is 25.0 Å². The third-order valence-electron chi connectivity index (χ3n) is 3.74. The normalized spacial score (nSPS) is 30.9. The molecule has 0 aromatic heterocycles. The van der Waals surface area contributed by atoms with Crippen molar-refractivity contribution in [2.45, 2.75) is 42.7 Å². The topological polar surface area (TPSA) is 84.5 Å². The second kappa shape index (κ2) is 4.61. The summed E-state index contributed by atoms with van der Waals surface area (Å²) in [4.78, 5) is 4.86. The van der Waals surface area contributed by atoms with Gasteiger partial charge in [0.1, 0.15) is 5.84 Å². The largest absolute Gasteiger partial charge is 0.326 e. The van der Waals surface area contributed by atoms with E-state index in [0.717, 1.165) is 25.7 Å². The summed E-state index contributed by atoms with van der Waals surface area (Å²) >= 11 is 0. The van der Waals surface area contributed by atoms with Crippen LogP contribution >= 0.6 is 0 Å². The molecule has 5 nitrogen and oxygen atoms in total. The molecule has 0 unspecified atom stereocenters. The molecule has 1 fully saturated rings. The molecule has 19 heavy (non-hydrogen) atoms. The van der Waals surface area contributed by atoms with E-state index in [-0.39, 0.29) is 12.1 Å². The number of fused-ring (bicyclic) bond motifs is 1. The monoisotopic (exact) mass is 279 g/mol. The van der Waals surface area contributed by atoms with Crippen LogP contribution in [0.15, 0.2) is 34.2 Å². The minimum absolute atomic E-state index is 0.0117. The van der Waals surface area contributed by atoms with Crippen molar-refractivity contribution >= 4 is 15.9 Å². The molecular formula is C13H17N3O2S. The SMILES string of the molecule is N[C@@H]1CCCC[C@@H]1N=C1NS(=O)(=O)c2ccccc21. The molecule has 0 bridgehead atoms. The van der Waals surface area contributed by atoms with Crippen LogP contribution in [0.3, 0.4) is 0 Å². The van der Waals surface area contributed by atoms with Crippen LogP contribution in [-0.4, -0.2) is 26.3 Å². The van der Waals surface area contributed by atoms with Crippen LogP contribution in [0.2, 0.25) is 0 Å². The fourth-order valence-electron chi connectivity index (χ4n) is 2.70. The van der Waals surface area contributed by atoms with Gasteiger partial charge in [-0.15, -0.1) is 0 Å². The highest BCUT2D eigenvalue weighted by Gasteiger charge is 2.32. The van der Waals surface area contributed by atoms with E-state index in [9.17, 15) is 8.42 Å². The van der Waals surface area contributed by atoms with Gasteiger partial charge in [0, 0.05) is 11.6 Å². The Morgan fingerprint density at radius 1 is 1.21 bits per heavy atom. The molecule has 1 saturated carbocycles. The summed E-state index contributed by atoms with van der Waals surface area (Å²) in [5.74, 6) is 0.443. The number of nitrogens with one attached hydrogen (secondary N) is 1. The van der Waals surface area contributed by atoms with Crippen molar-refractivity contribution in [3.63, 3.8) is 0 Å². The Hall–Kier alpha value is -1.40. The zero-order valence-corrected chi connectivity index (χ0v) is 11.4. The first-order chi connectivity index (χ1) is 9.08. The molecule has 0 spiro atoms. The number of rotatable bonds is 1. The number of amidine groups is 1. The third-order valence-corrected chi connectivity index (χ3v) is 5.14.